The number of hydrogen-bond donors (Lipinski definition) is 7. The van der Waals surface area contributed by atoms with Gasteiger partial charge in [-0.1, -0.05) is 159 Å². The van der Waals surface area contributed by atoms with E-state index in [1.54, 1.807) is 72.7 Å². The van der Waals surface area contributed by atoms with E-state index < -0.39 is 88.4 Å². The molecule has 1 atom stereocenters. The third-order valence-electron chi connectivity index (χ3n) is 17.4. The topological polar surface area (TPSA) is 410 Å². The molecule has 0 aliphatic heterocycles. The number of carbonyl (C=O) groups excluding carboxylic acids is 6. The lowest BCUT2D eigenvalue weighted by molar-refractivity contribution is -0.159. The Balaban J connectivity index is -0.000000376. The quantitative estimate of drug-likeness (QED) is 0.0185. The number of hydrogen-bond acceptors (Lipinski definition) is 18. The molecule has 0 spiro atoms. The number of ether oxygens (including phenoxy) is 4. The minimum atomic E-state index is -1.22. The number of unbranched alkanes of at least 4 members (excludes halogenated alkanes) is 3. The molecular formula is C78H131N3O24. The van der Waals surface area contributed by atoms with E-state index >= 15 is 0 Å². The molecule has 602 valence electrons. The molecule has 27 heteroatoms. The van der Waals surface area contributed by atoms with Crippen molar-refractivity contribution >= 4 is 83.2 Å². The fourth-order valence-electron chi connectivity index (χ4n) is 7.21. The molecule has 1 unspecified atom stereocenters. The van der Waals surface area contributed by atoms with Crippen LogP contribution in [0.2, 0.25) is 0 Å². The highest BCUT2D eigenvalue weighted by atomic mass is 16.6. The maximum atomic E-state index is 12.4. The Morgan fingerprint density at radius 1 is 0.381 bits per heavy atom. The molecular weight excluding hydrogens is 1360 g/mol. The lowest BCUT2D eigenvalue weighted by atomic mass is 9.88. The van der Waals surface area contributed by atoms with Crippen LogP contribution in [-0.2, 0) is 87.8 Å². The molecule has 0 bridgehead atoms. The second-order valence-electron chi connectivity index (χ2n) is 28.9. The Labute approximate surface area is 624 Å². The van der Waals surface area contributed by atoms with Crippen molar-refractivity contribution in [3.05, 3.63) is 65.7 Å². The smallest absolute Gasteiger partial charge is 0.323 e. The zero-order valence-corrected chi connectivity index (χ0v) is 67.2. The van der Waals surface area contributed by atoms with Gasteiger partial charge in [0.15, 0.2) is 0 Å². The Kier molecular flexibility index (Phi) is 55.1. The maximum Gasteiger partial charge on any atom is 0.323 e. The van der Waals surface area contributed by atoms with E-state index in [4.69, 9.17) is 54.7 Å². The van der Waals surface area contributed by atoms with Crippen molar-refractivity contribution in [2.75, 3.05) is 64.1 Å². The highest BCUT2D eigenvalue weighted by molar-refractivity contribution is 6.00. The van der Waals surface area contributed by atoms with Crippen LogP contribution in [0.4, 0.5) is 5.69 Å². The number of para-hydroxylation sites is 1. The molecule has 2 aromatic carbocycles. The van der Waals surface area contributed by atoms with Gasteiger partial charge in [-0.15, -0.1) is 0 Å². The van der Waals surface area contributed by atoms with Gasteiger partial charge in [0.2, 0.25) is 11.8 Å². The molecule has 0 aromatic heterocycles. The number of esters is 4. The summed E-state index contributed by atoms with van der Waals surface area (Å²) < 4.78 is 19.9. The Hall–Kier alpha value is -8.49. The van der Waals surface area contributed by atoms with Crippen molar-refractivity contribution in [3.8, 4) is 0 Å². The van der Waals surface area contributed by atoms with Gasteiger partial charge < -0.3 is 64.5 Å². The molecule has 0 saturated carbocycles. The highest BCUT2D eigenvalue weighted by Crippen LogP contribution is 2.28. The molecule has 2 rings (SSSR count). The summed E-state index contributed by atoms with van der Waals surface area (Å²) in [6.07, 6.45) is 10.1. The van der Waals surface area contributed by atoms with Crippen LogP contribution in [0.25, 0.3) is 0 Å². The van der Waals surface area contributed by atoms with E-state index in [-0.39, 0.29) is 80.3 Å². The summed E-state index contributed by atoms with van der Waals surface area (Å²) in [6.45, 7) is 41.0. The molecule has 2 aromatic rings. The molecule has 0 radical (unpaired) electrons. The summed E-state index contributed by atoms with van der Waals surface area (Å²) in [5.41, 5.74) is -0.256. The van der Waals surface area contributed by atoms with Crippen LogP contribution in [0.1, 0.15) is 259 Å². The Morgan fingerprint density at radius 3 is 1.08 bits per heavy atom. The number of carboxylic acids is 7. The van der Waals surface area contributed by atoms with Gasteiger partial charge in [-0.3, -0.25) is 67.2 Å². The minimum Gasteiger partial charge on any atom is -0.481 e. The molecule has 105 heavy (non-hydrogen) atoms. The molecule has 0 aliphatic rings. The zero-order chi connectivity index (χ0) is 82.7. The summed E-state index contributed by atoms with van der Waals surface area (Å²) in [7, 11) is 0. The van der Waals surface area contributed by atoms with Gasteiger partial charge in [-0.05, 0) is 142 Å². The predicted octanol–water partition coefficient (Wildman–Crippen LogP) is 13.9. The van der Waals surface area contributed by atoms with E-state index in [1.165, 1.54) is 15.4 Å². The number of rotatable bonds is 40. The number of anilines is 1. The van der Waals surface area contributed by atoms with Crippen LogP contribution < -0.4 is 4.90 Å². The van der Waals surface area contributed by atoms with E-state index in [0.29, 0.717) is 57.0 Å². The molecule has 0 aliphatic carbocycles. The number of carboxylic acid groups (broad SMARTS) is 7. The van der Waals surface area contributed by atoms with Crippen LogP contribution in [0.5, 0.6) is 0 Å². The number of aliphatic carboxylic acids is 7. The molecule has 0 fully saturated rings. The van der Waals surface area contributed by atoms with Gasteiger partial charge in [-0.25, -0.2) is 0 Å². The summed E-state index contributed by atoms with van der Waals surface area (Å²) in [5.74, 6) is -8.51. The van der Waals surface area contributed by atoms with Crippen molar-refractivity contribution in [1.29, 1.82) is 0 Å². The van der Waals surface area contributed by atoms with Crippen molar-refractivity contribution in [2.45, 2.75) is 255 Å². The fraction of sp³-hybridized carbons (Fsp3) is 0.679. The van der Waals surface area contributed by atoms with Gasteiger partial charge in [0.1, 0.15) is 32.8 Å². The first-order valence-electron chi connectivity index (χ1n) is 36.1. The van der Waals surface area contributed by atoms with Gasteiger partial charge in [0, 0.05) is 23.1 Å². The standard InChI is InChI=1S/C15H21NO4.C14H19NO3.C12H20O6.C11H22O2.C10H17NO5.C10H20O2.C6H12O2/c1-3-11(2)13-6-4-12(5-7-13)8-16(9-14(17)18)10-15(19)20;1-4-14(2,3)13(18)15(10-12(16)17)11-8-6-5-7-9-11;1-4-12(2,3)11(16)18-8-7-17-10(15)6-5-9(13)14;1-5-7-8-9-13-10(12)11(3,4)6-2;1-4-10(2,3)9(16)11(5-7(12)13)6-8(14)15;1-5-7-8-12-9(11)10(3,4)6-2;1-4-6(2,3)5(7)8/h4-7,11H,3,8-10H2,1-2H3,(H,17,18)(H,19,20);5-9H,4,10H2,1-3H3,(H,16,17);4-8H2,1-3H3,(H,13,14);5-9H2,1-4H3;4-6H2,1-3H3,(H,12,13)(H,14,15);5-8H2,1-4H3;4H2,1-3H3,(H,7,8). The summed E-state index contributed by atoms with van der Waals surface area (Å²) in [6, 6.07) is 16.8. The third-order valence-corrected chi connectivity index (χ3v) is 17.4. The first-order valence-corrected chi connectivity index (χ1v) is 36.1. The largest absolute Gasteiger partial charge is 0.481 e. The van der Waals surface area contributed by atoms with Gasteiger partial charge in [-0.2, -0.15) is 0 Å². The lowest BCUT2D eigenvalue weighted by Gasteiger charge is -2.30. The molecule has 7 N–H and O–H groups in total. The van der Waals surface area contributed by atoms with E-state index in [1.807, 2.05) is 106 Å². The summed E-state index contributed by atoms with van der Waals surface area (Å²) in [4.78, 5) is 147. The maximum absolute atomic E-state index is 12.4. The van der Waals surface area contributed by atoms with Crippen LogP contribution in [0.15, 0.2) is 54.6 Å². The number of amides is 2. The molecule has 27 nitrogen and oxygen atoms in total. The Morgan fingerprint density at radius 2 is 0.743 bits per heavy atom. The zero-order valence-electron chi connectivity index (χ0n) is 67.2. The van der Waals surface area contributed by atoms with Crippen molar-refractivity contribution in [2.24, 2.45) is 32.5 Å². The summed E-state index contributed by atoms with van der Waals surface area (Å²) >= 11 is 0. The first kappa shape index (κ1) is 105. The van der Waals surface area contributed by atoms with Crippen LogP contribution in [-0.4, -0.2) is 182 Å². The molecule has 2 amide bonds. The van der Waals surface area contributed by atoms with Crippen molar-refractivity contribution in [3.63, 3.8) is 0 Å². The number of nitrogens with zero attached hydrogens (tertiary/aromatic N) is 3. The predicted molar refractivity (Wildman–Crippen MR) is 401 cm³/mol. The van der Waals surface area contributed by atoms with E-state index in [2.05, 4.69) is 27.7 Å². The second kappa shape index (κ2) is 55.0. The average molecular weight is 1490 g/mol. The second-order valence-corrected chi connectivity index (χ2v) is 28.9. The van der Waals surface area contributed by atoms with Crippen molar-refractivity contribution < 1.29 is 117 Å². The van der Waals surface area contributed by atoms with Crippen LogP contribution in [0, 0.1) is 32.5 Å². The van der Waals surface area contributed by atoms with E-state index in [9.17, 15) is 62.3 Å². The summed E-state index contributed by atoms with van der Waals surface area (Å²) in [5, 5.41) is 60.5. The third kappa shape index (κ3) is 50.6. The fourth-order valence-corrected chi connectivity index (χ4v) is 7.21. The molecule has 0 saturated heterocycles. The van der Waals surface area contributed by atoms with Crippen molar-refractivity contribution in [1.82, 2.24) is 9.80 Å². The number of benzene rings is 2. The number of carbonyl (C=O) groups is 13. The van der Waals surface area contributed by atoms with Gasteiger partial charge >= 0.3 is 65.7 Å². The average Bonchev–Trinajstić information content (AvgIpc) is 0.825. The first-order chi connectivity index (χ1) is 48.4. The van der Waals surface area contributed by atoms with Crippen LogP contribution >= 0.6 is 0 Å². The normalized spacial score (nSPS) is 11.3. The van der Waals surface area contributed by atoms with Crippen LogP contribution in [0.3, 0.4) is 0 Å². The minimum absolute atomic E-state index is 0.0128. The molecule has 0 heterocycles. The lowest BCUT2D eigenvalue weighted by Crippen LogP contribution is -2.45. The monoisotopic (exact) mass is 1490 g/mol. The van der Waals surface area contributed by atoms with Gasteiger partial charge in [0.25, 0.3) is 0 Å². The van der Waals surface area contributed by atoms with Gasteiger partial charge in [0.05, 0.1) is 60.8 Å². The van der Waals surface area contributed by atoms with E-state index in [0.717, 1.165) is 61.8 Å². The Bertz CT molecular complexity index is 2890. The highest BCUT2D eigenvalue weighted by Gasteiger charge is 2.34. The SMILES string of the molecule is CCC(C)(C)C(=O)N(CC(=O)O)CC(=O)O.CCC(C)(C)C(=O)N(CC(=O)O)c1ccccc1.CCC(C)(C)C(=O)O.CCC(C)(C)C(=O)OCCOC(=O)CCC(=O)O.CCC(C)c1ccc(CN(CC(=O)O)CC(=O)O)cc1.CCCCCOC(=O)C(C)(C)CC.CCCCOC(=O)C(C)(C)CC.